The fraction of sp³-hybridized carbons (Fsp3) is 0.263. The van der Waals surface area contributed by atoms with E-state index < -0.39 is 32.7 Å². The van der Waals surface area contributed by atoms with Gasteiger partial charge in [0.15, 0.2) is 0 Å². The van der Waals surface area contributed by atoms with E-state index >= 15 is 0 Å². The van der Waals surface area contributed by atoms with Crippen LogP contribution in [0.15, 0.2) is 45.7 Å². The molecule has 3 aromatic rings. The van der Waals surface area contributed by atoms with Crippen molar-refractivity contribution in [3.63, 3.8) is 0 Å². The Labute approximate surface area is 165 Å². The molecule has 29 heavy (non-hydrogen) atoms. The van der Waals surface area contributed by atoms with Crippen molar-refractivity contribution in [2.75, 3.05) is 12.4 Å². The number of aryl methyl sites for hydroxylation is 1. The van der Waals surface area contributed by atoms with Gasteiger partial charge in [-0.15, -0.1) is 0 Å². The third-order valence-electron chi connectivity index (χ3n) is 4.57. The zero-order valence-electron chi connectivity index (χ0n) is 15.8. The maximum Gasteiger partial charge on any atom is 0.418 e. The van der Waals surface area contributed by atoms with Gasteiger partial charge in [0.05, 0.1) is 23.6 Å². The molecule has 3 N–H and O–H groups in total. The highest BCUT2D eigenvalue weighted by molar-refractivity contribution is 7.89. The van der Waals surface area contributed by atoms with Gasteiger partial charge in [-0.05, 0) is 50.2 Å². The molecule has 2 aromatic carbocycles. The highest BCUT2D eigenvalue weighted by atomic mass is 32.2. The smallest absolute Gasteiger partial charge is 0.418 e. The number of nitrogens with one attached hydrogen (secondary N) is 1. The van der Waals surface area contributed by atoms with E-state index in [1.54, 1.807) is 32.0 Å². The van der Waals surface area contributed by atoms with Gasteiger partial charge in [0.25, 0.3) is 0 Å². The lowest BCUT2D eigenvalue weighted by molar-refractivity contribution is -0.137. The topological polar surface area (TPSA) is 94.6 Å². The molecule has 0 spiro atoms. The zero-order chi connectivity index (χ0) is 21.6. The Morgan fingerprint density at radius 2 is 1.86 bits per heavy atom. The van der Waals surface area contributed by atoms with Gasteiger partial charge in [-0.2, -0.15) is 13.2 Å². The number of methoxy groups -OCH3 is 1. The first-order valence-electron chi connectivity index (χ1n) is 8.49. The molecule has 0 saturated heterocycles. The Morgan fingerprint density at radius 3 is 2.45 bits per heavy atom. The molecule has 0 bridgehead atoms. The van der Waals surface area contributed by atoms with Crippen molar-refractivity contribution in [3.8, 4) is 5.75 Å². The summed E-state index contributed by atoms with van der Waals surface area (Å²) in [5, 5.41) is 8.50. The van der Waals surface area contributed by atoms with Crippen LogP contribution in [0.25, 0.3) is 11.0 Å². The molecule has 6 nitrogen and oxygen atoms in total. The van der Waals surface area contributed by atoms with Gasteiger partial charge in [0.2, 0.25) is 10.0 Å². The number of rotatable bonds is 5. The molecule has 156 valence electrons. The molecule has 1 heterocycles. The number of nitrogens with two attached hydrogens (primary N) is 1. The molecule has 0 radical (unpaired) electrons. The van der Waals surface area contributed by atoms with Crippen molar-refractivity contribution in [2.24, 2.45) is 5.14 Å². The summed E-state index contributed by atoms with van der Waals surface area (Å²) in [6.45, 7) is 3.45. The summed E-state index contributed by atoms with van der Waals surface area (Å²) in [6.07, 6.45) is -4.78. The summed E-state index contributed by atoms with van der Waals surface area (Å²) in [6, 6.07) is 7.18. The lowest BCUT2D eigenvalue weighted by Crippen LogP contribution is -2.17. The maximum atomic E-state index is 13.5. The van der Waals surface area contributed by atoms with Gasteiger partial charge in [0, 0.05) is 16.6 Å². The number of furan rings is 1. The van der Waals surface area contributed by atoms with E-state index in [1.165, 1.54) is 7.11 Å². The molecule has 10 heteroatoms. The fourth-order valence-corrected chi connectivity index (χ4v) is 3.66. The van der Waals surface area contributed by atoms with Crippen LogP contribution >= 0.6 is 0 Å². The van der Waals surface area contributed by atoms with Crippen LogP contribution < -0.4 is 15.2 Å². The maximum absolute atomic E-state index is 13.5. The zero-order valence-corrected chi connectivity index (χ0v) is 16.6. The fourth-order valence-electron chi connectivity index (χ4n) is 3.12. The quantitative estimate of drug-likeness (QED) is 0.620. The second kappa shape index (κ2) is 7.27. The van der Waals surface area contributed by atoms with Crippen LogP contribution in [-0.2, 0) is 16.2 Å². The molecule has 0 amide bonds. The van der Waals surface area contributed by atoms with Gasteiger partial charge >= 0.3 is 6.18 Å². The average molecular weight is 428 g/mol. The molecule has 0 aliphatic heterocycles. The Balaban J connectivity index is 2.02. The number of hydrogen-bond acceptors (Lipinski definition) is 5. The van der Waals surface area contributed by atoms with Crippen LogP contribution in [0.1, 0.15) is 29.9 Å². The largest absolute Gasteiger partial charge is 0.497 e. The van der Waals surface area contributed by atoms with Crippen LogP contribution in [0.4, 0.5) is 18.9 Å². The van der Waals surface area contributed by atoms with Crippen LogP contribution in [0.3, 0.4) is 0 Å². The third-order valence-corrected chi connectivity index (χ3v) is 5.48. The molecule has 0 aliphatic rings. The number of benzene rings is 2. The predicted molar refractivity (Wildman–Crippen MR) is 102 cm³/mol. The third kappa shape index (κ3) is 4.18. The van der Waals surface area contributed by atoms with Crippen LogP contribution in [0.5, 0.6) is 5.75 Å². The van der Waals surface area contributed by atoms with Crippen molar-refractivity contribution < 1.29 is 30.7 Å². The number of hydrogen-bond donors (Lipinski definition) is 2. The molecule has 0 aliphatic carbocycles. The molecule has 3 rings (SSSR count). The summed E-state index contributed by atoms with van der Waals surface area (Å²) in [5.74, 6) is 1.09. The Hall–Kier alpha value is -2.72. The van der Waals surface area contributed by atoms with E-state index in [-0.39, 0.29) is 5.69 Å². The standard InChI is InChI=1S/C19H19F3N2O4S/c1-10-14-8-12(27-3)4-7-17(14)28-18(10)11(2)24-16-6-5-13(29(23,25)26)9-15(16)19(20,21)22/h4-9,11,24H,1-3H3,(H2,23,25,26). The number of alkyl halides is 3. The SMILES string of the molecule is COc1ccc2oc(C(C)Nc3ccc(S(N)(=O)=O)cc3C(F)(F)F)c(C)c2c1. The van der Waals surface area contributed by atoms with Gasteiger partial charge in [0.1, 0.15) is 17.1 Å². The number of halogens is 3. The first kappa shape index (κ1) is 21.0. The summed E-state index contributed by atoms with van der Waals surface area (Å²) in [4.78, 5) is -0.616. The Morgan fingerprint density at radius 1 is 1.17 bits per heavy atom. The normalized spacial score (nSPS) is 13.5. The van der Waals surface area contributed by atoms with Crippen molar-refractivity contribution in [1.82, 2.24) is 0 Å². The number of sulfonamides is 1. The Kier molecular flexibility index (Phi) is 5.26. The molecular formula is C19H19F3N2O4S. The summed E-state index contributed by atoms with van der Waals surface area (Å²) < 4.78 is 74.3. The summed E-state index contributed by atoms with van der Waals surface area (Å²) in [7, 11) is -2.74. The van der Waals surface area contributed by atoms with Crippen LogP contribution in [0, 0.1) is 6.92 Å². The first-order chi connectivity index (χ1) is 13.4. The van der Waals surface area contributed by atoms with Crippen LogP contribution in [0.2, 0.25) is 0 Å². The molecule has 1 atom stereocenters. The molecule has 0 saturated carbocycles. The van der Waals surface area contributed by atoms with E-state index in [0.717, 1.165) is 23.1 Å². The van der Waals surface area contributed by atoms with E-state index in [1.807, 2.05) is 0 Å². The van der Waals surface area contributed by atoms with Crippen molar-refractivity contribution in [1.29, 1.82) is 0 Å². The van der Waals surface area contributed by atoms with E-state index in [0.29, 0.717) is 23.2 Å². The van der Waals surface area contributed by atoms with Crippen molar-refractivity contribution >= 4 is 26.7 Å². The van der Waals surface area contributed by atoms with E-state index in [2.05, 4.69) is 5.32 Å². The molecule has 0 fully saturated rings. The average Bonchev–Trinajstić information content (AvgIpc) is 2.96. The van der Waals surface area contributed by atoms with Crippen molar-refractivity contribution in [3.05, 3.63) is 53.3 Å². The summed E-state index contributed by atoms with van der Waals surface area (Å²) >= 11 is 0. The second-order valence-electron chi connectivity index (χ2n) is 6.57. The van der Waals surface area contributed by atoms with Gasteiger partial charge in [-0.1, -0.05) is 0 Å². The number of anilines is 1. The Bertz CT molecular complexity index is 1170. The van der Waals surface area contributed by atoms with E-state index in [4.69, 9.17) is 14.3 Å². The van der Waals surface area contributed by atoms with Gasteiger partial charge in [-0.25, -0.2) is 13.6 Å². The molecule has 1 aromatic heterocycles. The van der Waals surface area contributed by atoms with Crippen molar-refractivity contribution in [2.45, 2.75) is 31.0 Å². The highest BCUT2D eigenvalue weighted by Gasteiger charge is 2.35. The number of ether oxygens (including phenoxy) is 1. The predicted octanol–water partition coefficient (Wildman–Crippen LogP) is 4.59. The number of fused-ring (bicyclic) bond motifs is 1. The lowest BCUT2D eigenvalue weighted by Gasteiger charge is -2.19. The minimum Gasteiger partial charge on any atom is -0.497 e. The van der Waals surface area contributed by atoms with Gasteiger partial charge in [-0.3, -0.25) is 0 Å². The summed E-state index contributed by atoms with van der Waals surface area (Å²) in [5.41, 5.74) is -0.0812. The minimum absolute atomic E-state index is 0.283. The van der Waals surface area contributed by atoms with E-state index in [9.17, 15) is 21.6 Å². The monoisotopic (exact) mass is 428 g/mol. The second-order valence-corrected chi connectivity index (χ2v) is 8.13. The van der Waals surface area contributed by atoms with Crippen LogP contribution in [-0.4, -0.2) is 15.5 Å². The minimum atomic E-state index is -4.78. The first-order valence-corrected chi connectivity index (χ1v) is 10.0. The highest BCUT2D eigenvalue weighted by Crippen LogP contribution is 2.39. The molecular weight excluding hydrogens is 409 g/mol. The van der Waals surface area contributed by atoms with Gasteiger partial charge < -0.3 is 14.5 Å². The lowest BCUT2D eigenvalue weighted by atomic mass is 10.1. The molecule has 1 unspecified atom stereocenters. The number of primary sulfonamides is 1.